The molecule has 24 heavy (non-hydrogen) atoms. The van der Waals surface area contributed by atoms with E-state index in [1.54, 1.807) is 6.92 Å². The van der Waals surface area contributed by atoms with Gasteiger partial charge < -0.3 is 5.11 Å². The van der Waals surface area contributed by atoms with Crippen LogP contribution in [0.4, 0.5) is 0 Å². The summed E-state index contributed by atoms with van der Waals surface area (Å²) in [6.45, 7) is 3.43. The number of benzene rings is 1. The number of carboxylic acids is 1. The summed E-state index contributed by atoms with van der Waals surface area (Å²) in [5.74, 6) is -1.22. The molecule has 9 heteroatoms. The molecule has 0 aromatic heterocycles. The average Bonchev–Trinajstić information content (AvgIpc) is 2.46. The second-order valence-corrected chi connectivity index (χ2v) is 8.01. The topological polar surface area (TPSA) is 95.9 Å². The number of aryl methyl sites for hydroxylation is 1. The molecule has 136 valence electrons. The summed E-state index contributed by atoms with van der Waals surface area (Å²) in [5, 5.41) is 9.17. The number of nitrogens with zero attached hydrogens (tertiary/aromatic N) is 1. The number of hydrogen-bond donors (Lipinski definition) is 2. The summed E-state index contributed by atoms with van der Waals surface area (Å²) in [4.78, 5) is 18.6. The number of hydroxylamine groups is 1. The largest absolute Gasteiger partial charge is 0.478 e. The molecule has 1 aromatic rings. The van der Waals surface area contributed by atoms with E-state index in [0.717, 1.165) is 6.26 Å². The van der Waals surface area contributed by atoms with Crippen LogP contribution in [0.2, 0.25) is 5.02 Å². The highest BCUT2D eigenvalue weighted by Gasteiger charge is 2.25. The van der Waals surface area contributed by atoms with Gasteiger partial charge in [-0.25, -0.2) is 13.2 Å². The second-order valence-electron chi connectivity index (χ2n) is 5.68. The van der Waals surface area contributed by atoms with Crippen LogP contribution in [0, 0.1) is 0 Å². The molecule has 1 unspecified atom stereocenters. The Labute approximate surface area is 147 Å². The summed E-state index contributed by atoms with van der Waals surface area (Å²) < 4.78 is 24.4. The predicted octanol–water partition coefficient (Wildman–Crippen LogP) is 1.93. The maximum atomic E-state index is 12.2. The smallest absolute Gasteiger partial charge is 0.337 e. The molecule has 0 bridgehead atoms. The van der Waals surface area contributed by atoms with Gasteiger partial charge >= 0.3 is 5.97 Å². The number of carbonyl (C=O) groups is 1. The lowest BCUT2D eigenvalue weighted by atomic mass is 10.0. The van der Waals surface area contributed by atoms with Crippen LogP contribution in [0.15, 0.2) is 11.0 Å². The van der Waals surface area contributed by atoms with Crippen molar-refractivity contribution in [2.45, 2.75) is 37.9 Å². The van der Waals surface area contributed by atoms with Crippen LogP contribution in [0.5, 0.6) is 0 Å². The van der Waals surface area contributed by atoms with Gasteiger partial charge in [0.25, 0.3) is 0 Å². The maximum Gasteiger partial charge on any atom is 0.337 e. The molecule has 0 aliphatic heterocycles. The summed E-state index contributed by atoms with van der Waals surface area (Å²) in [6, 6.07) is 1.31. The van der Waals surface area contributed by atoms with Crippen LogP contribution in [0.25, 0.3) is 0 Å². The Bertz CT molecular complexity index is 719. The summed E-state index contributed by atoms with van der Waals surface area (Å²) in [6.07, 6.45) is 1.30. The van der Waals surface area contributed by atoms with Gasteiger partial charge in [0, 0.05) is 11.8 Å². The molecular weight excluding hydrogens is 356 g/mol. The minimum Gasteiger partial charge on any atom is -0.478 e. The minimum atomic E-state index is -3.60. The molecular formula is C15H23ClN2O5S. The average molecular weight is 379 g/mol. The van der Waals surface area contributed by atoms with Crippen molar-refractivity contribution in [3.63, 3.8) is 0 Å². The maximum absolute atomic E-state index is 12.2. The van der Waals surface area contributed by atoms with Crippen LogP contribution >= 0.6 is 11.6 Å². The molecule has 0 fully saturated rings. The van der Waals surface area contributed by atoms with Gasteiger partial charge in [-0.3, -0.25) is 9.74 Å². The summed E-state index contributed by atoms with van der Waals surface area (Å²) in [5.41, 5.74) is 3.16. The monoisotopic (exact) mass is 378 g/mol. The molecule has 0 aliphatic carbocycles. The molecule has 0 spiro atoms. The summed E-state index contributed by atoms with van der Waals surface area (Å²) >= 11 is 6.16. The first kappa shape index (κ1) is 20.9. The lowest BCUT2D eigenvalue weighted by Crippen LogP contribution is -2.38. The third kappa shape index (κ3) is 4.90. The van der Waals surface area contributed by atoms with E-state index in [9.17, 15) is 18.3 Å². The van der Waals surface area contributed by atoms with Gasteiger partial charge in [0.15, 0.2) is 9.84 Å². The van der Waals surface area contributed by atoms with Crippen molar-refractivity contribution in [3.8, 4) is 0 Å². The Morgan fingerprint density at radius 3 is 2.46 bits per heavy atom. The van der Waals surface area contributed by atoms with Crippen molar-refractivity contribution in [1.29, 1.82) is 0 Å². The zero-order chi connectivity index (χ0) is 18.7. The van der Waals surface area contributed by atoms with Crippen molar-refractivity contribution < 1.29 is 23.2 Å². The van der Waals surface area contributed by atoms with Gasteiger partial charge in [0.2, 0.25) is 0 Å². The number of halogens is 1. The highest BCUT2D eigenvalue weighted by atomic mass is 35.5. The SMILES string of the molecule is CCc1cc(C(=O)O)c(Cl)c(CONC(C)N(C)C)c1S(C)(=O)=O. The molecule has 1 rings (SSSR count). The standard InChI is InChI=1S/C15H23ClN2O5S/c1-6-10-7-11(15(19)20)13(16)12(14(10)24(5,21)22)8-23-17-9(2)18(3)4/h7,9,17H,6,8H2,1-5H3,(H,19,20). The van der Waals surface area contributed by atoms with E-state index in [2.05, 4.69) is 5.48 Å². The molecule has 1 atom stereocenters. The zero-order valence-corrected chi connectivity index (χ0v) is 16.0. The van der Waals surface area contributed by atoms with Crippen LogP contribution < -0.4 is 5.48 Å². The number of sulfone groups is 1. The number of carboxylic acid groups (broad SMARTS) is 1. The molecule has 0 radical (unpaired) electrons. The fraction of sp³-hybridized carbons (Fsp3) is 0.533. The predicted molar refractivity (Wildman–Crippen MR) is 92.0 cm³/mol. The van der Waals surface area contributed by atoms with Gasteiger partial charge in [-0.05, 0) is 39.1 Å². The van der Waals surface area contributed by atoms with Crippen molar-refractivity contribution in [2.24, 2.45) is 0 Å². The Morgan fingerprint density at radius 2 is 2.04 bits per heavy atom. The van der Waals surface area contributed by atoms with Gasteiger partial charge in [-0.1, -0.05) is 18.5 Å². The quantitative estimate of drug-likeness (QED) is 0.527. The van der Waals surface area contributed by atoms with E-state index in [1.807, 2.05) is 25.9 Å². The van der Waals surface area contributed by atoms with Crippen LogP contribution in [-0.2, 0) is 27.7 Å². The Hall–Kier alpha value is -1.19. The summed E-state index contributed by atoms with van der Waals surface area (Å²) in [7, 11) is 0.0831. The van der Waals surface area contributed by atoms with E-state index >= 15 is 0 Å². The van der Waals surface area contributed by atoms with Crippen molar-refractivity contribution >= 4 is 27.4 Å². The molecule has 7 nitrogen and oxygen atoms in total. The number of rotatable bonds is 8. The zero-order valence-electron chi connectivity index (χ0n) is 14.4. The number of nitrogens with one attached hydrogen (secondary N) is 1. The molecule has 0 saturated carbocycles. The first-order valence-corrected chi connectivity index (χ1v) is 9.58. The third-order valence-corrected chi connectivity index (χ3v) is 5.29. The fourth-order valence-electron chi connectivity index (χ4n) is 2.11. The Balaban J connectivity index is 3.38. The van der Waals surface area contributed by atoms with E-state index in [4.69, 9.17) is 16.4 Å². The van der Waals surface area contributed by atoms with Gasteiger partial charge in [-0.2, -0.15) is 5.48 Å². The van der Waals surface area contributed by atoms with Crippen LogP contribution in [0.3, 0.4) is 0 Å². The second kappa shape index (κ2) is 8.26. The fourth-order valence-corrected chi connectivity index (χ4v) is 3.74. The van der Waals surface area contributed by atoms with Gasteiger partial charge in [0.05, 0.1) is 28.3 Å². The van der Waals surface area contributed by atoms with Crippen molar-refractivity contribution in [3.05, 3.63) is 27.8 Å². The number of hydrogen-bond acceptors (Lipinski definition) is 6. The van der Waals surface area contributed by atoms with E-state index in [-0.39, 0.29) is 33.8 Å². The molecule has 0 amide bonds. The van der Waals surface area contributed by atoms with Crippen molar-refractivity contribution in [1.82, 2.24) is 10.4 Å². The lowest BCUT2D eigenvalue weighted by Gasteiger charge is -2.22. The molecule has 2 N–H and O–H groups in total. The highest BCUT2D eigenvalue weighted by molar-refractivity contribution is 7.90. The minimum absolute atomic E-state index is 0.0271. The van der Waals surface area contributed by atoms with E-state index in [0.29, 0.717) is 12.0 Å². The van der Waals surface area contributed by atoms with Gasteiger partial charge in [0.1, 0.15) is 0 Å². The third-order valence-electron chi connectivity index (χ3n) is 3.61. The Morgan fingerprint density at radius 1 is 1.46 bits per heavy atom. The van der Waals surface area contributed by atoms with Crippen LogP contribution in [-0.4, -0.2) is 50.9 Å². The highest BCUT2D eigenvalue weighted by Crippen LogP contribution is 2.32. The first-order valence-electron chi connectivity index (χ1n) is 7.32. The Kier molecular flexibility index (Phi) is 7.18. The normalized spacial score (nSPS) is 13.3. The van der Waals surface area contributed by atoms with E-state index in [1.165, 1.54) is 6.07 Å². The van der Waals surface area contributed by atoms with Crippen LogP contribution in [0.1, 0.15) is 35.3 Å². The number of aromatic carboxylic acids is 1. The molecule has 0 heterocycles. The molecule has 1 aromatic carbocycles. The molecule has 0 aliphatic rings. The van der Waals surface area contributed by atoms with Gasteiger partial charge in [-0.15, -0.1) is 0 Å². The van der Waals surface area contributed by atoms with Crippen molar-refractivity contribution in [2.75, 3.05) is 20.4 Å². The first-order chi connectivity index (χ1) is 11.0. The molecule has 0 saturated heterocycles. The van der Waals surface area contributed by atoms with E-state index < -0.39 is 15.8 Å². The lowest BCUT2D eigenvalue weighted by molar-refractivity contribution is -0.0260.